The molecule has 0 fully saturated rings. The van der Waals surface area contributed by atoms with E-state index in [0.29, 0.717) is 21.4 Å². The van der Waals surface area contributed by atoms with Crippen LogP contribution in [0.5, 0.6) is 0 Å². The molecule has 2 rings (SSSR count). The molecule has 4 nitrogen and oxygen atoms in total. The summed E-state index contributed by atoms with van der Waals surface area (Å²) in [6.45, 7) is 0.0882. The van der Waals surface area contributed by atoms with Crippen LogP contribution in [-0.4, -0.2) is 11.1 Å². The van der Waals surface area contributed by atoms with Crippen LogP contribution < -0.4 is 5.32 Å². The Kier molecular flexibility index (Phi) is 4.60. The molecule has 0 aliphatic rings. The molecule has 0 radical (unpaired) electrons. The number of aromatic nitrogens is 1. The molecule has 0 saturated carbocycles. The van der Waals surface area contributed by atoms with Gasteiger partial charge in [0.2, 0.25) is 0 Å². The van der Waals surface area contributed by atoms with Gasteiger partial charge in [0.15, 0.2) is 0 Å². The van der Waals surface area contributed by atoms with Crippen molar-refractivity contribution < 1.29 is 9.53 Å². The molecular weight excluding hydrogens is 287 g/mol. The van der Waals surface area contributed by atoms with Crippen LogP contribution in [0, 0.1) is 0 Å². The highest BCUT2D eigenvalue weighted by molar-refractivity contribution is 6.35. The molecule has 1 amide bonds. The third-order valence-electron chi connectivity index (χ3n) is 2.24. The summed E-state index contributed by atoms with van der Waals surface area (Å²) in [5, 5.41) is 3.38. The fourth-order valence-electron chi connectivity index (χ4n) is 1.36. The van der Waals surface area contributed by atoms with Crippen LogP contribution in [0.4, 0.5) is 10.5 Å². The van der Waals surface area contributed by atoms with E-state index in [-0.39, 0.29) is 6.61 Å². The lowest BCUT2D eigenvalue weighted by Crippen LogP contribution is -2.14. The summed E-state index contributed by atoms with van der Waals surface area (Å²) in [4.78, 5) is 15.6. The Morgan fingerprint density at radius 2 is 2.11 bits per heavy atom. The summed E-state index contributed by atoms with van der Waals surface area (Å²) in [7, 11) is 0. The molecule has 2 aromatic rings. The SMILES string of the molecule is O=C(Nc1cc(Cl)ccc1Cl)OCc1ccccn1. The maximum absolute atomic E-state index is 11.6. The Morgan fingerprint density at radius 3 is 2.84 bits per heavy atom. The largest absolute Gasteiger partial charge is 0.443 e. The van der Waals surface area contributed by atoms with Crippen molar-refractivity contribution >= 4 is 35.0 Å². The van der Waals surface area contributed by atoms with Gasteiger partial charge in [0, 0.05) is 11.2 Å². The van der Waals surface area contributed by atoms with Crippen molar-refractivity contribution in [3.8, 4) is 0 Å². The van der Waals surface area contributed by atoms with Gasteiger partial charge >= 0.3 is 6.09 Å². The summed E-state index contributed by atoms with van der Waals surface area (Å²) in [6, 6.07) is 10.1. The van der Waals surface area contributed by atoms with Gasteiger partial charge in [-0.15, -0.1) is 0 Å². The number of carbonyl (C=O) groups is 1. The normalized spacial score (nSPS) is 10.0. The molecular formula is C13H10Cl2N2O2. The van der Waals surface area contributed by atoms with Crippen LogP contribution in [0.1, 0.15) is 5.69 Å². The fraction of sp³-hybridized carbons (Fsp3) is 0.0769. The highest BCUT2D eigenvalue weighted by Gasteiger charge is 2.07. The Bertz CT molecular complexity index is 576. The lowest BCUT2D eigenvalue weighted by Gasteiger charge is -2.08. The number of carbonyl (C=O) groups excluding carboxylic acids is 1. The van der Waals surface area contributed by atoms with Crippen LogP contribution >= 0.6 is 23.2 Å². The molecule has 1 aromatic heterocycles. The lowest BCUT2D eigenvalue weighted by molar-refractivity contribution is 0.153. The fourth-order valence-corrected chi connectivity index (χ4v) is 1.70. The van der Waals surface area contributed by atoms with Crippen LogP contribution in [0.25, 0.3) is 0 Å². The van der Waals surface area contributed by atoms with Crippen molar-refractivity contribution in [2.75, 3.05) is 5.32 Å². The summed E-state index contributed by atoms with van der Waals surface area (Å²) < 4.78 is 5.01. The molecule has 0 atom stereocenters. The zero-order chi connectivity index (χ0) is 13.7. The predicted octanol–water partition coefficient (Wildman–Crippen LogP) is 4.14. The molecule has 0 aliphatic carbocycles. The third kappa shape index (κ3) is 4.12. The van der Waals surface area contributed by atoms with Gasteiger partial charge < -0.3 is 4.74 Å². The van der Waals surface area contributed by atoms with Gasteiger partial charge in [-0.2, -0.15) is 0 Å². The summed E-state index contributed by atoms with van der Waals surface area (Å²) in [5.41, 5.74) is 1.06. The minimum Gasteiger partial charge on any atom is -0.443 e. The number of anilines is 1. The molecule has 0 bridgehead atoms. The monoisotopic (exact) mass is 296 g/mol. The molecule has 19 heavy (non-hydrogen) atoms. The van der Waals surface area contributed by atoms with Crippen LogP contribution in [0.3, 0.4) is 0 Å². The standard InChI is InChI=1S/C13H10Cl2N2O2/c14-9-4-5-11(15)12(7-9)17-13(18)19-8-10-3-1-2-6-16-10/h1-7H,8H2,(H,17,18). The Morgan fingerprint density at radius 1 is 1.26 bits per heavy atom. The number of amides is 1. The van der Waals surface area contributed by atoms with Gasteiger partial charge in [-0.3, -0.25) is 10.3 Å². The van der Waals surface area contributed by atoms with E-state index in [9.17, 15) is 4.79 Å². The molecule has 0 aliphatic heterocycles. The van der Waals surface area contributed by atoms with E-state index in [4.69, 9.17) is 27.9 Å². The van der Waals surface area contributed by atoms with E-state index in [1.165, 1.54) is 0 Å². The Labute approximate surface area is 120 Å². The van der Waals surface area contributed by atoms with Crippen molar-refractivity contribution in [2.24, 2.45) is 0 Å². The van der Waals surface area contributed by atoms with Crippen molar-refractivity contribution in [3.05, 3.63) is 58.3 Å². The van der Waals surface area contributed by atoms with Gasteiger partial charge in [-0.25, -0.2) is 4.79 Å². The first-order chi connectivity index (χ1) is 9.15. The smallest absolute Gasteiger partial charge is 0.412 e. The second-order valence-electron chi connectivity index (χ2n) is 3.65. The maximum Gasteiger partial charge on any atom is 0.412 e. The number of hydrogen-bond donors (Lipinski definition) is 1. The van der Waals surface area contributed by atoms with Crippen molar-refractivity contribution in [3.63, 3.8) is 0 Å². The minimum atomic E-state index is -0.616. The first kappa shape index (κ1) is 13.6. The molecule has 98 valence electrons. The van der Waals surface area contributed by atoms with Crippen molar-refractivity contribution in [2.45, 2.75) is 6.61 Å². The van der Waals surface area contributed by atoms with Gasteiger partial charge in [-0.05, 0) is 30.3 Å². The van der Waals surface area contributed by atoms with Crippen molar-refractivity contribution in [1.29, 1.82) is 0 Å². The van der Waals surface area contributed by atoms with Crippen LogP contribution in [0.2, 0.25) is 10.0 Å². The quantitative estimate of drug-likeness (QED) is 0.926. The molecule has 6 heteroatoms. The predicted molar refractivity (Wildman–Crippen MR) is 74.5 cm³/mol. The molecule has 1 aromatic carbocycles. The molecule has 0 unspecified atom stereocenters. The second kappa shape index (κ2) is 6.41. The third-order valence-corrected chi connectivity index (χ3v) is 2.81. The first-order valence-electron chi connectivity index (χ1n) is 5.44. The molecule has 0 saturated heterocycles. The average Bonchev–Trinajstić information content (AvgIpc) is 2.42. The van der Waals surface area contributed by atoms with E-state index in [1.54, 1.807) is 36.5 Å². The summed E-state index contributed by atoms with van der Waals surface area (Å²) in [6.07, 6.45) is 1.01. The number of pyridine rings is 1. The minimum absolute atomic E-state index is 0.0882. The topological polar surface area (TPSA) is 51.2 Å². The molecule has 1 heterocycles. The van der Waals surface area contributed by atoms with Gasteiger partial charge in [0.25, 0.3) is 0 Å². The number of halogens is 2. The zero-order valence-corrected chi connectivity index (χ0v) is 11.3. The maximum atomic E-state index is 11.6. The number of benzene rings is 1. The number of rotatable bonds is 3. The van der Waals surface area contributed by atoms with Crippen LogP contribution in [0.15, 0.2) is 42.6 Å². The highest BCUT2D eigenvalue weighted by atomic mass is 35.5. The van der Waals surface area contributed by atoms with Gasteiger partial charge in [0.05, 0.1) is 16.4 Å². The number of ether oxygens (including phenoxy) is 1. The number of nitrogens with one attached hydrogen (secondary N) is 1. The van der Waals surface area contributed by atoms with E-state index >= 15 is 0 Å². The molecule has 1 N–H and O–H groups in total. The van der Waals surface area contributed by atoms with E-state index in [1.807, 2.05) is 6.07 Å². The Hall–Kier alpha value is -1.78. The van der Waals surface area contributed by atoms with Crippen molar-refractivity contribution in [1.82, 2.24) is 4.98 Å². The number of nitrogens with zero attached hydrogens (tertiary/aromatic N) is 1. The van der Waals surface area contributed by atoms with Gasteiger partial charge in [0.1, 0.15) is 6.61 Å². The Balaban J connectivity index is 1.93. The first-order valence-corrected chi connectivity index (χ1v) is 6.19. The highest BCUT2D eigenvalue weighted by Crippen LogP contribution is 2.25. The van der Waals surface area contributed by atoms with Crippen LogP contribution in [-0.2, 0) is 11.3 Å². The summed E-state index contributed by atoms with van der Waals surface area (Å²) >= 11 is 11.7. The second-order valence-corrected chi connectivity index (χ2v) is 4.49. The average molecular weight is 297 g/mol. The van der Waals surface area contributed by atoms with Gasteiger partial charge in [-0.1, -0.05) is 29.3 Å². The zero-order valence-electron chi connectivity index (χ0n) is 9.77. The number of hydrogen-bond acceptors (Lipinski definition) is 3. The van der Waals surface area contributed by atoms with E-state index in [2.05, 4.69) is 10.3 Å². The summed E-state index contributed by atoms with van der Waals surface area (Å²) in [5.74, 6) is 0. The lowest BCUT2D eigenvalue weighted by atomic mass is 10.3. The van der Waals surface area contributed by atoms with E-state index < -0.39 is 6.09 Å². The molecule has 0 spiro atoms. The van der Waals surface area contributed by atoms with E-state index in [0.717, 1.165) is 0 Å².